The molecular formula is C31H37FN2O2S. The van der Waals surface area contributed by atoms with Crippen LogP contribution in [0.25, 0.3) is 0 Å². The monoisotopic (exact) mass is 520 g/mol. The van der Waals surface area contributed by atoms with Crippen molar-refractivity contribution in [2.24, 2.45) is 17.8 Å². The summed E-state index contributed by atoms with van der Waals surface area (Å²) in [6.45, 7) is 4.29. The number of hydrogen-bond acceptors (Lipinski definition) is 4. The number of halogens is 1. The van der Waals surface area contributed by atoms with Gasteiger partial charge in [0.05, 0.1) is 25.8 Å². The van der Waals surface area contributed by atoms with Gasteiger partial charge >= 0.3 is 0 Å². The normalized spacial score (nSPS) is 27.7. The van der Waals surface area contributed by atoms with Gasteiger partial charge in [-0.1, -0.05) is 62.4 Å². The van der Waals surface area contributed by atoms with Crippen molar-refractivity contribution >= 4 is 11.8 Å². The molecule has 0 N–H and O–H groups in total. The molecule has 4 fully saturated rings. The van der Waals surface area contributed by atoms with E-state index in [1.165, 1.54) is 32.4 Å². The molecule has 0 spiro atoms. The highest BCUT2D eigenvalue weighted by Gasteiger charge is 2.46. The number of quaternary nitrogens is 1. The predicted octanol–water partition coefficient (Wildman–Crippen LogP) is 6.15. The van der Waals surface area contributed by atoms with E-state index in [2.05, 4.69) is 4.98 Å². The van der Waals surface area contributed by atoms with Crippen LogP contribution in [0, 0.1) is 23.6 Å². The number of aromatic nitrogens is 1. The standard InChI is InChI=1S/C31H37FN2O2S/c32-27-11-13-29(14-12-27)37-22-24-20-34(17-15-23(24)16-18-34)21-28-19-33-30(36-28)31(35,25-7-3-1-4-8-25)26-9-5-2-6-10-26/h1,3-4,7-8,11-14,19,23-24,26H,2,5-6,9-10,15-18,20-22H2/t23?,24-,31-,34?/m0/s1. The average molecular weight is 521 g/mol. The molecule has 196 valence electrons. The van der Waals surface area contributed by atoms with Crippen LogP contribution in [0.2, 0.25) is 0 Å². The molecule has 6 heteroatoms. The molecule has 4 heterocycles. The molecular weight excluding hydrogens is 483 g/mol. The van der Waals surface area contributed by atoms with Gasteiger partial charge in [-0.3, -0.25) is 0 Å². The quantitative estimate of drug-likeness (QED) is 0.264. The number of thioether (sulfide) groups is 1. The lowest BCUT2D eigenvalue weighted by Gasteiger charge is -2.52. The van der Waals surface area contributed by atoms with Crippen LogP contribution in [0.15, 0.2) is 70.1 Å². The zero-order chi connectivity index (χ0) is 25.3. The van der Waals surface area contributed by atoms with E-state index >= 15 is 0 Å². The van der Waals surface area contributed by atoms with Gasteiger partial charge in [0, 0.05) is 29.4 Å². The van der Waals surface area contributed by atoms with Gasteiger partial charge in [0.25, 0.3) is 0 Å². The minimum absolute atomic E-state index is 0.0146. The molecule has 1 saturated carbocycles. The van der Waals surface area contributed by atoms with Crippen molar-refractivity contribution < 1.29 is 18.4 Å². The SMILES string of the molecule is [O-][C@](c1ccccc1)(c1ncc(C[N+]23CCC(CC2)[C@H](CSc2ccc(F)cc2)C3)o1)C1CCCCC1. The molecule has 1 aromatic heterocycles. The van der Waals surface area contributed by atoms with Crippen molar-refractivity contribution in [1.29, 1.82) is 0 Å². The van der Waals surface area contributed by atoms with Crippen LogP contribution >= 0.6 is 11.8 Å². The highest BCUT2D eigenvalue weighted by atomic mass is 32.2. The first kappa shape index (κ1) is 25.1. The molecule has 3 saturated heterocycles. The Morgan fingerprint density at radius 1 is 0.973 bits per heavy atom. The van der Waals surface area contributed by atoms with Crippen LogP contribution in [-0.4, -0.2) is 34.9 Å². The maximum absolute atomic E-state index is 14.6. The van der Waals surface area contributed by atoms with E-state index in [9.17, 15) is 9.50 Å². The van der Waals surface area contributed by atoms with Gasteiger partial charge in [-0.2, -0.15) is 0 Å². The van der Waals surface area contributed by atoms with E-state index in [4.69, 9.17) is 4.42 Å². The number of benzene rings is 2. The summed E-state index contributed by atoms with van der Waals surface area (Å²) in [6, 6.07) is 16.6. The molecule has 7 rings (SSSR count). The van der Waals surface area contributed by atoms with Crippen molar-refractivity contribution in [1.82, 2.24) is 4.98 Å². The van der Waals surface area contributed by atoms with E-state index in [1.54, 1.807) is 12.1 Å². The number of nitrogens with zero attached hydrogens (tertiary/aromatic N) is 2. The molecule has 0 radical (unpaired) electrons. The average Bonchev–Trinajstić information content (AvgIpc) is 3.42. The van der Waals surface area contributed by atoms with Crippen molar-refractivity contribution in [3.63, 3.8) is 0 Å². The van der Waals surface area contributed by atoms with Gasteiger partial charge in [-0.25, -0.2) is 9.37 Å². The fraction of sp³-hybridized carbons (Fsp3) is 0.516. The second kappa shape index (κ2) is 10.5. The van der Waals surface area contributed by atoms with Crippen molar-refractivity contribution in [3.8, 4) is 0 Å². The molecule has 4 nitrogen and oxygen atoms in total. The van der Waals surface area contributed by atoms with Gasteiger partial charge in [0.1, 0.15) is 12.4 Å². The molecule has 3 aliphatic heterocycles. The van der Waals surface area contributed by atoms with Gasteiger partial charge in [0.15, 0.2) is 11.7 Å². The summed E-state index contributed by atoms with van der Waals surface area (Å²) in [4.78, 5) is 5.80. The fourth-order valence-electron chi connectivity index (χ4n) is 7.19. The first-order valence-electron chi connectivity index (χ1n) is 14.0. The van der Waals surface area contributed by atoms with Gasteiger partial charge < -0.3 is 14.0 Å². The molecule has 4 aliphatic rings. The van der Waals surface area contributed by atoms with E-state index < -0.39 is 5.60 Å². The van der Waals surface area contributed by atoms with Crippen LogP contribution in [-0.2, 0) is 12.1 Å². The van der Waals surface area contributed by atoms with Gasteiger partial charge in [-0.15, -0.1) is 11.8 Å². The van der Waals surface area contributed by atoms with Crippen molar-refractivity contribution in [3.05, 3.63) is 83.8 Å². The highest BCUT2D eigenvalue weighted by Crippen LogP contribution is 2.44. The zero-order valence-corrected chi connectivity index (χ0v) is 22.3. The number of rotatable bonds is 8. The molecule has 1 aliphatic carbocycles. The third kappa shape index (κ3) is 5.13. The summed E-state index contributed by atoms with van der Waals surface area (Å²) >= 11 is 1.85. The summed E-state index contributed by atoms with van der Waals surface area (Å²) < 4.78 is 20.7. The van der Waals surface area contributed by atoms with E-state index in [-0.39, 0.29) is 11.7 Å². The topological polar surface area (TPSA) is 49.1 Å². The first-order chi connectivity index (χ1) is 18.0. The molecule has 2 bridgehead atoms. The lowest BCUT2D eigenvalue weighted by Crippen LogP contribution is -2.61. The van der Waals surface area contributed by atoms with Crippen LogP contribution in [0.1, 0.15) is 62.2 Å². The van der Waals surface area contributed by atoms with Gasteiger partial charge in [0.2, 0.25) is 0 Å². The Hall–Kier alpha value is -2.15. The maximum Gasteiger partial charge on any atom is 0.188 e. The Kier molecular flexibility index (Phi) is 7.17. The third-order valence-electron chi connectivity index (χ3n) is 9.26. The second-order valence-corrected chi connectivity index (χ2v) is 12.7. The largest absolute Gasteiger partial charge is 0.839 e. The van der Waals surface area contributed by atoms with Crippen LogP contribution in [0.5, 0.6) is 0 Å². The molecule has 2 aromatic carbocycles. The Bertz CT molecular complexity index is 1170. The molecule has 2 atom stereocenters. The molecule has 37 heavy (non-hydrogen) atoms. The summed E-state index contributed by atoms with van der Waals surface area (Å²) in [6.07, 6.45) is 9.61. The number of piperidine rings is 3. The Morgan fingerprint density at radius 3 is 2.43 bits per heavy atom. The van der Waals surface area contributed by atoms with Crippen LogP contribution < -0.4 is 5.11 Å². The summed E-state index contributed by atoms with van der Waals surface area (Å²) in [5.41, 5.74) is -0.651. The third-order valence-corrected chi connectivity index (χ3v) is 10.5. The highest BCUT2D eigenvalue weighted by molar-refractivity contribution is 7.99. The van der Waals surface area contributed by atoms with Crippen LogP contribution in [0.4, 0.5) is 4.39 Å². The summed E-state index contributed by atoms with van der Waals surface area (Å²) in [7, 11) is 0. The zero-order valence-electron chi connectivity index (χ0n) is 21.5. The summed E-state index contributed by atoms with van der Waals surface area (Å²) in [5.74, 6) is 3.53. The fourth-order valence-corrected chi connectivity index (χ4v) is 8.31. The molecule has 0 unspecified atom stereocenters. The Balaban J connectivity index is 1.19. The number of fused-ring (bicyclic) bond motifs is 3. The van der Waals surface area contributed by atoms with E-state index in [0.717, 1.165) is 71.1 Å². The molecule has 0 amide bonds. The Morgan fingerprint density at radius 2 is 1.70 bits per heavy atom. The minimum Gasteiger partial charge on any atom is -0.839 e. The van der Waals surface area contributed by atoms with Crippen molar-refractivity contribution in [2.75, 3.05) is 25.4 Å². The van der Waals surface area contributed by atoms with Gasteiger partial charge in [-0.05, 0) is 47.3 Å². The molecule has 3 aromatic rings. The van der Waals surface area contributed by atoms with E-state index in [1.807, 2.05) is 60.4 Å². The smallest absolute Gasteiger partial charge is 0.188 e. The summed E-state index contributed by atoms with van der Waals surface area (Å²) in [5, 5.41) is 14.6. The van der Waals surface area contributed by atoms with Crippen LogP contribution in [0.3, 0.4) is 0 Å². The number of oxazole rings is 1. The second-order valence-electron chi connectivity index (χ2n) is 11.6. The van der Waals surface area contributed by atoms with E-state index in [0.29, 0.717) is 11.8 Å². The lowest BCUT2D eigenvalue weighted by molar-refractivity contribution is -0.959. The Labute approximate surface area is 223 Å². The minimum atomic E-state index is -1.43. The number of hydrogen-bond donors (Lipinski definition) is 0. The van der Waals surface area contributed by atoms with Crippen molar-refractivity contribution in [2.45, 2.75) is 62.0 Å². The first-order valence-corrected chi connectivity index (χ1v) is 15.0. The lowest BCUT2D eigenvalue weighted by atomic mass is 9.73. The predicted molar refractivity (Wildman–Crippen MR) is 142 cm³/mol. The maximum atomic E-state index is 14.6.